The summed E-state index contributed by atoms with van der Waals surface area (Å²) in [6, 6.07) is 11.7. The summed E-state index contributed by atoms with van der Waals surface area (Å²) >= 11 is 1.43. The Morgan fingerprint density at radius 3 is 2.86 bits per heavy atom. The molecule has 0 radical (unpaired) electrons. The Balaban J connectivity index is 1.68. The summed E-state index contributed by atoms with van der Waals surface area (Å²) in [5, 5.41) is 3.86. The Hall–Kier alpha value is -2.40. The number of thiophene rings is 1. The van der Waals surface area contributed by atoms with Crippen LogP contribution in [0.5, 0.6) is 0 Å². The molecule has 3 rings (SSSR count). The molecule has 0 saturated carbocycles. The highest BCUT2D eigenvalue weighted by Gasteiger charge is 2.15. The number of anilines is 1. The van der Waals surface area contributed by atoms with Crippen LogP contribution < -0.4 is 11.1 Å². The Bertz CT molecular complexity index is 768. The van der Waals surface area contributed by atoms with Gasteiger partial charge in [0.15, 0.2) is 0 Å². The van der Waals surface area contributed by atoms with Crippen LogP contribution in [0.2, 0.25) is 0 Å². The van der Waals surface area contributed by atoms with Crippen molar-refractivity contribution in [3.63, 3.8) is 0 Å². The lowest BCUT2D eigenvalue weighted by molar-refractivity contribution is 0.0959. The van der Waals surface area contributed by atoms with Crippen LogP contribution >= 0.6 is 11.3 Å². The fourth-order valence-electron chi connectivity index (χ4n) is 2.18. The topological polar surface area (TPSA) is 68.0 Å². The summed E-state index contributed by atoms with van der Waals surface area (Å²) < 4.78 is 1.03. The predicted molar refractivity (Wildman–Crippen MR) is 86.5 cm³/mol. The van der Waals surface area contributed by atoms with Gasteiger partial charge in [0.2, 0.25) is 0 Å². The number of hydrogen-bond acceptors (Lipinski definition) is 4. The summed E-state index contributed by atoms with van der Waals surface area (Å²) in [5.41, 5.74) is 7.73. The number of fused-ring (bicyclic) bond motifs is 1. The lowest BCUT2D eigenvalue weighted by Crippen LogP contribution is -2.25. The van der Waals surface area contributed by atoms with Crippen molar-refractivity contribution < 1.29 is 4.79 Å². The van der Waals surface area contributed by atoms with E-state index >= 15 is 0 Å². The third-order valence-corrected chi connectivity index (χ3v) is 4.45. The molecule has 2 heterocycles. The maximum Gasteiger partial charge on any atom is 0.263 e. The van der Waals surface area contributed by atoms with E-state index in [1.165, 1.54) is 11.3 Å². The first-order valence-corrected chi connectivity index (χ1v) is 7.51. The van der Waals surface area contributed by atoms with Crippen LogP contribution in [-0.2, 0) is 6.42 Å². The molecular formula is C16H15N3OS. The first-order chi connectivity index (χ1) is 10.3. The number of aromatic nitrogens is 1. The van der Waals surface area contributed by atoms with Gasteiger partial charge in [0.05, 0.1) is 5.69 Å². The van der Waals surface area contributed by atoms with Gasteiger partial charge in [0.25, 0.3) is 5.91 Å². The van der Waals surface area contributed by atoms with Crippen LogP contribution in [0.15, 0.2) is 48.8 Å². The van der Waals surface area contributed by atoms with E-state index in [4.69, 9.17) is 5.73 Å². The van der Waals surface area contributed by atoms with Crippen LogP contribution in [0.3, 0.4) is 0 Å². The normalized spacial score (nSPS) is 10.7. The molecular weight excluding hydrogens is 282 g/mol. The molecule has 3 aromatic rings. The minimum Gasteiger partial charge on any atom is -0.397 e. The molecule has 2 aromatic heterocycles. The van der Waals surface area contributed by atoms with Crippen molar-refractivity contribution in [2.24, 2.45) is 0 Å². The van der Waals surface area contributed by atoms with E-state index in [0.717, 1.165) is 22.1 Å². The summed E-state index contributed by atoms with van der Waals surface area (Å²) in [4.78, 5) is 16.9. The quantitative estimate of drug-likeness (QED) is 0.778. The third-order valence-electron chi connectivity index (χ3n) is 3.26. The molecule has 0 fully saturated rings. The number of amides is 1. The number of nitrogens with two attached hydrogens (primary N) is 1. The maximum atomic E-state index is 12.2. The van der Waals surface area contributed by atoms with Gasteiger partial charge < -0.3 is 11.1 Å². The third kappa shape index (κ3) is 2.87. The maximum absolute atomic E-state index is 12.2. The molecule has 0 bridgehead atoms. The Morgan fingerprint density at radius 1 is 1.24 bits per heavy atom. The van der Waals surface area contributed by atoms with E-state index in [9.17, 15) is 4.79 Å². The molecule has 0 aliphatic heterocycles. The summed E-state index contributed by atoms with van der Waals surface area (Å²) in [6.07, 6.45) is 4.30. The average Bonchev–Trinajstić information content (AvgIpc) is 2.86. The minimum atomic E-state index is -0.113. The number of carbonyl (C=O) groups is 1. The first-order valence-electron chi connectivity index (χ1n) is 6.70. The van der Waals surface area contributed by atoms with Gasteiger partial charge in [-0.15, -0.1) is 11.3 Å². The van der Waals surface area contributed by atoms with Gasteiger partial charge in [0, 0.05) is 29.0 Å². The number of nitrogen functional groups attached to an aromatic ring is 1. The standard InChI is InChI=1S/C16H15N3OS/c17-14-12-5-1-2-6-13(12)21-15(14)16(20)19-9-7-11-4-3-8-18-10-11/h1-6,8,10H,7,9,17H2,(H,19,20). The smallest absolute Gasteiger partial charge is 0.263 e. The van der Waals surface area contributed by atoms with Gasteiger partial charge in [-0.05, 0) is 24.1 Å². The summed E-state index contributed by atoms with van der Waals surface area (Å²) in [6.45, 7) is 0.568. The molecule has 0 unspecified atom stereocenters. The predicted octanol–water partition coefficient (Wildman–Crippen LogP) is 2.85. The number of nitrogens with one attached hydrogen (secondary N) is 1. The molecule has 5 heteroatoms. The van der Waals surface area contributed by atoms with E-state index in [1.54, 1.807) is 12.4 Å². The van der Waals surface area contributed by atoms with E-state index in [1.807, 2.05) is 36.4 Å². The van der Waals surface area contributed by atoms with E-state index in [0.29, 0.717) is 17.1 Å². The van der Waals surface area contributed by atoms with Crippen LogP contribution in [0.1, 0.15) is 15.2 Å². The average molecular weight is 297 g/mol. The fraction of sp³-hybridized carbons (Fsp3) is 0.125. The zero-order valence-corrected chi connectivity index (χ0v) is 12.2. The molecule has 0 aliphatic rings. The molecule has 0 aliphatic carbocycles. The van der Waals surface area contributed by atoms with Gasteiger partial charge in [-0.1, -0.05) is 24.3 Å². The van der Waals surface area contributed by atoms with Crippen molar-refractivity contribution in [3.05, 3.63) is 59.2 Å². The number of carbonyl (C=O) groups excluding carboxylic acids is 1. The van der Waals surface area contributed by atoms with Gasteiger partial charge in [-0.25, -0.2) is 0 Å². The van der Waals surface area contributed by atoms with E-state index < -0.39 is 0 Å². The van der Waals surface area contributed by atoms with Gasteiger partial charge in [-0.3, -0.25) is 9.78 Å². The van der Waals surface area contributed by atoms with Gasteiger partial charge >= 0.3 is 0 Å². The Labute approximate surface area is 126 Å². The monoisotopic (exact) mass is 297 g/mol. The van der Waals surface area contributed by atoms with Crippen molar-refractivity contribution in [1.29, 1.82) is 0 Å². The highest BCUT2D eigenvalue weighted by atomic mass is 32.1. The van der Waals surface area contributed by atoms with Crippen LogP contribution in [0.4, 0.5) is 5.69 Å². The Morgan fingerprint density at radius 2 is 2.10 bits per heavy atom. The second kappa shape index (κ2) is 5.93. The molecule has 4 nitrogen and oxygen atoms in total. The zero-order valence-electron chi connectivity index (χ0n) is 11.4. The van der Waals surface area contributed by atoms with Crippen molar-refractivity contribution in [2.75, 3.05) is 12.3 Å². The number of nitrogens with zero attached hydrogens (tertiary/aromatic N) is 1. The highest BCUT2D eigenvalue weighted by Crippen LogP contribution is 2.33. The Kier molecular flexibility index (Phi) is 3.83. The van der Waals surface area contributed by atoms with Crippen molar-refractivity contribution in [2.45, 2.75) is 6.42 Å². The van der Waals surface area contributed by atoms with Crippen LogP contribution in [-0.4, -0.2) is 17.4 Å². The van der Waals surface area contributed by atoms with Crippen LogP contribution in [0, 0.1) is 0 Å². The van der Waals surface area contributed by atoms with Crippen LogP contribution in [0.25, 0.3) is 10.1 Å². The molecule has 0 spiro atoms. The minimum absolute atomic E-state index is 0.113. The molecule has 3 N–H and O–H groups in total. The zero-order chi connectivity index (χ0) is 14.7. The van der Waals surface area contributed by atoms with Crippen molar-refractivity contribution >= 4 is 33.0 Å². The largest absolute Gasteiger partial charge is 0.397 e. The second-order valence-corrected chi connectivity index (χ2v) is 5.76. The summed E-state index contributed by atoms with van der Waals surface area (Å²) in [5.74, 6) is -0.113. The SMILES string of the molecule is Nc1c(C(=O)NCCc2cccnc2)sc2ccccc12. The second-order valence-electron chi connectivity index (χ2n) is 4.71. The molecule has 0 atom stereocenters. The van der Waals surface area contributed by atoms with E-state index in [2.05, 4.69) is 10.3 Å². The van der Waals surface area contributed by atoms with Crippen molar-refractivity contribution in [1.82, 2.24) is 10.3 Å². The van der Waals surface area contributed by atoms with E-state index in [-0.39, 0.29) is 5.91 Å². The number of pyridine rings is 1. The molecule has 0 saturated heterocycles. The lowest BCUT2D eigenvalue weighted by Gasteiger charge is -2.04. The molecule has 21 heavy (non-hydrogen) atoms. The molecule has 1 amide bonds. The number of hydrogen-bond donors (Lipinski definition) is 2. The number of rotatable bonds is 4. The van der Waals surface area contributed by atoms with Crippen molar-refractivity contribution in [3.8, 4) is 0 Å². The van der Waals surface area contributed by atoms with Gasteiger partial charge in [-0.2, -0.15) is 0 Å². The molecule has 1 aromatic carbocycles. The first kappa shape index (κ1) is 13.6. The highest BCUT2D eigenvalue weighted by molar-refractivity contribution is 7.21. The summed E-state index contributed by atoms with van der Waals surface area (Å²) in [7, 11) is 0. The number of benzene rings is 1. The molecule has 106 valence electrons. The lowest BCUT2D eigenvalue weighted by atomic mass is 10.2. The fourth-order valence-corrected chi connectivity index (χ4v) is 3.22. The van der Waals surface area contributed by atoms with Gasteiger partial charge in [0.1, 0.15) is 4.88 Å².